The van der Waals surface area contributed by atoms with Crippen LogP contribution in [0, 0.1) is 11.6 Å². The molecule has 0 aliphatic rings. The number of hydrogen-bond acceptors (Lipinski definition) is 4. The molecule has 152 valence electrons. The van der Waals surface area contributed by atoms with Crippen LogP contribution in [0.5, 0.6) is 0 Å². The highest BCUT2D eigenvalue weighted by atomic mass is 19.1. The predicted molar refractivity (Wildman–Crippen MR) is 101 cm³/mol. The maximum atomic E-state index is 13.4. The van der Waals surface area contributed by atoms with Crippen LogP contribution < -0.4 is 10.6 Å². The number of halogens is 2. The number of pyridine rings is 1. The molecule has 0 aliphatic carbocycles. The zero-order valence-corrected chi connectivity index (χ0v) is 15.8. The van der Waals surface area contributed by atoms with Crippen molar-refractivity contribution < 1.29 is 23.8 Å². The summed E-state index contributed by atoms with van der Waals surface area (Å²) in [5.74, 6) is -1.17. The van der Waals surface area contributed by atoms with Crippen molar-refractivity contribution in [2.75, 3.05) is 6.54 Å². The van der Waals surface area contributed by atoms with Crippen LogP contribution in [0.25, 0.3) is 0 Å². The number of rotatable bonds is 9. The van der Waals surface area contributed by atoms with E-state index < -0.39 is 29.9 Å². The van der Waals surface area contributed by atoms with E-state index in [1.54, 1.807) is 12.4 Å². The van der Waals surface area contributed by atoms with Crippen molar-refractivity contribution >= 4 is 6.09 Å². The van der Waals surface area contributed by atoms with Gasteiger partial charge in [0.1, 0.15) is 11.6 Å². The van der Waals surface area contributed by atoms with E-state index in [0.717, 1.165) is 29.3 Å². The molecule has 0 unspecified atom stereocenters. The molecule has 0 radical (unpaired) electrons. The third kappa shape index (κ3) is 6.86. The summed E-state index contributed by atoms with van der Waals surface area (Å²) >= 11 is 0. The second kappa shape index (κ2) is 10.1. The Hall–Kier alpha value is -2.58. The summed E-state index contributed by atoms with van der Waals surface area (Å²) in [5, 5.41) is 24.7. The Kier molecular flexibility index (Phi) is 7.83. The Bertz CT molecular complexity index is 782. The van der Waals surface area contributed by atoms with E-state index >= 15 is 0 Å². The number of aromatic nitrogens is 1. The van der Waals surface area contributed by atoms with Crippen LogP contribution in [0.3, 0.4) is 0 Å². The number of nitrogens with one attached hydrogen (secondary N) is 2. The van der Waals surface area contributed by atoms with Crippen LogP contribution in [0.1, 0.15) is 36.5 Å². The third-order valence-corrected chi connectivity index (χ3v) is 4.32. The highest BCUT2D eigenvalue weighted by Gasteiger charge is 2.22. The molecule has 28 heavy (non-hydrogen) atoms. The minimum absolute atomic E-state index is 0.0474. The van der Waals surface area contributed by atoms with Gasteiger partial charge in [-0.1, -0.05) is 19.9 Å². The lowest BCUT2D eigenvalue weighted by molar-refractivity contribution is 0.117. The highest BCUT2D eigenvalue weighted by Crippen LogP contribution is 2.14. The summed E-state index contributed by atoms with van der Waals surface area (Å²) in [6, 6.07) is 4.05. The quantitative estimate of drug-likeness (QED) is 0.526. The number of amides is 1. The van der Waals surface area contributed by atoms with Crippen molar-refractivity contribution in [2.45, 2.75) is 44.9 Å². The monoisotopic (exact) mass is 393 g/mol. The molecule has 2 aromatic rings. The fourth-order valence-electron chi connectivity index (χ4n) is 2.85. The van der Waals surface area contributed by atoms with Crippen molar-refractivity contribution in [1.29, 1.82) is 0 Å². The molecule has 0 saturated heterocycles. The number of aliphatic hydroxyl groups excluding tert-OH is 1. The average molecular weight is 393 g/mol. The molecule has 1 heterocycles. The summed E-state index contributed by atoms with van der Waals surface area (Å²) in [6.45, 7) is 4.67. The normalized spacial score (nSPS) is 13.4. The van der Waals surface area contributed by atoms with Gasteiger partial charge in [0, 0.05) is 31.5 Å². The van der Waals surface area contributed by atoms with Crippen LogP contribution in [0.15, 0.2) is 36.7 Å². The number of nitrogens with zero attached hydrogens (tertiary/aromatic N) is 1. The Morgan fingerprint density at radius 3 is 2.39 bits per heavy atom. The molecule has 0 fully saturated rings. The van der Waals surface area contributed by atoms with Gasteiger partial charge in [-0.3, -0.25) is 4.98 Å². The second-order valence-corrected chi connectivity index (χ2v) is 7.02. The first-order valence-electron chi connectivity index (χ1n) is 9.01. The van der Waals surface area contributed by atoms with Gasteiger partial charge in [-0.25, -0.2) is 13.6 Å². The standard InChI is InChI=1S/C20H25F2N3O3/c1-12(2)15-3-14(8-23-10-15)9-24-11-19(26)18(25-20(27)28)6-13-4-16(21)7-17(22)5-13/h3-5,7-8,10,12,18-19,24-26H,6,9,11H2,1-2H3,(H,27,28)/t18-,19+/m0/s1. The number of carbonyl (C=O) groups is 1. The van der Waals surface area contributed by atoms with Crippen LogP contribution >= 0.6 is 0 Å². The summed E-state index contributed by atoms with van der Waals surface area (Å²) in [4.78, 5) is 15.2. The lowest BCUT2D eigenvalue weighted by Crippen LogP contribution is -2.48. The molecular weight excluding hydrogens is 368 g/mol. The maximum Gasteiger partial charge on any atom is 0.404 e. The van der Waals surface area contributed by atoms with Crippen LogP contribution in [0.2, 0.25) is 0 Å². The van der Waals surface area contributed by atoms with Gasteiger partial charge in [0.25, 0.3) is 0 Å². The van der Waals surface area contributed by atoms with Crippen molar-refractivity contribution in [3.8, 4) is 0 Å². The number of hydrogen-bond donors (Lipinski definition) is 4. The molecular formula is C20H25F2N3O3. The first kappa shape index (κ1) is 21.7. The molecule has 4 N–H and O–H groups in total. The molecule has 2 atom stereocenters. The molecule has 0 aliphatic heterocycles. The highest BCUT2D eigenvalue weighted by molar-refractivity contribution is 5.65. The molecule has 0 bridgehead atoms. The van der Waals surface area contributed by atoms with Crippen LogP contribution in [0.4, 0.5) is 13.6 Å². The Balaban J connectivity index is 1.97. The largest absolute Gasteiger partial charge is 0.465 e. The van der Waals surface area contributed by atoms with Gasteiger partial charge in [0.05, 0.1) is 12.1 Å². The SMILES string of the molecule is CC(C)c1cncc(CNC[C@@H](O)[C@H](Cc2cc(F)cc(F)c2)NC(=O)O)c1. The minimum Gasteiger partial charge on any atom is -0.465 e. The van der Waals surface area contributed by atoms with Crippen molar-refractivity contribution in [2.24, 2.45) is 0 Å². The Morgan fingerprint density at radius 2 is 1.79 bits per heavy atom. The molecule has 0 spiro atoms. The Labute approximate surface area is 162 Å². The zero-order valence-electron chi connectivity index (χ0n) is 15.8. The minimum atomic E-state index is -1.32. The second-order valence-electron chi connectivity index (χ2n) is 7.02. The molecule has 0 saturated carbocycles. The lowest BCUT2D eigenvalue weighted by Gasteiger charge is -2.23. The summed E-state index contributed by atoms with van der Waals surface area (Å²) in [7, 11) is 0. The van der Waals surface area contributed by atoms with E-state index in [4.69, 9.17) is 5.11 Å². The van der Waals surface area contributed by atoms with E-state index in [2.05, 4.69) is 29.5 Å². The molecule has 1 aromatic carbocycles. The average Bonchev–Trinajstić information content (AvgIpc) is 2.60. The number of aliphatic hydroxyl groups is 1. The third-order valence-electron chi connectivity index (χ3n) is 4.32. The Morgan fingerprint density at radius 1 is 1.11 bits per heavy atom. The first-order valence-corrected chi connectivity index (χ1v) is 9.01. The van der Waals surface area contributed by atoms with Gasteiger partial charge in [0.15, 0.2) is 0 Å². The van der Waals surface area contributed by atoms with Gasteiger partial charge in [-0.15, -0.1) is 0 Å². The van der Waals surface area contributed by atoms with Gasteiger partial charge < -0.3 is 20.8 Å². The van der Waals surface area contributed by atoms with Crippen molar-refractivity contribution in [3.63, 3.8) is 0 Å². The topological polar surface area (TPSA) is 94.5 Å². The first-order chi connectivity index (χ1) is 13.2. The fourth-order valence-corrected chi connectivity index (χ4v) is 2.85. The van der Waals surface area contributed by atoms with E-state index in [9.17, 15) is 18.7 Å². The van der Waals surface area contributed by atoms with E-state index in [-0.39, 0.29) is 18.5 Å². The van der Waals surface area contributed by atoms with E-state index in [0.29, 0.717) is 12.5 Å². The lowest BCUT2D eigenvalue weighted by atomic mass is 10.0. The molecule has 1 aromatic heterocycles. The van der Waals surface area contributed by atoms with Gasteiger partial charge in [-0.2, -0.15) is 0 Å². The molecule has 8 heteroatoms. The van der Waals surface area contributed by atoms with Gasteiger partial charge >= 0.3 is 6.09 Å². The molecule has 6 nitrogen and oxygen atoms in total. The number of benzene rings is 1. The van der Waals surface area contributed by atoms with E-state index in [1.165, 1.54) is 0 Å². The maximum absolute atomic E-state index is 13.4. The summed E-state index contributed by atoms with van der Waals surface area (Å²) < 4.78 is 26.7. The smallest absolute Gasteiger partial charge is 0.404 e. The predicted octanol–water partition coefficient (Wildman–Crippen LogP) is 2.81. The molecule has 2 rings (SSSR count). The number of carboxylic acid groups (broad SMARTS) is 1. The van der Waals surface area contributed by atoms with Crippen LogP contribution in [-0.4, -0.2) is 40.0 Å². The summed E-state index contributed by atoms with van der Waals surface area (Å²) in [5.41, 5.74) is 2.29. The summed E-state index contributed by atoms with van der Waals surface area (Å²) in [6.07, 6.45) is 1.05. The van der Waals surface area contributed by atoms with E-state index in [1.807, 2.05) is 6.07 Å². The fraction of sp³-hybridized carbons (Fsp3) is 0.400. The van der Waals surface area contributed by atoms with Crippen molar-refractivity contribution in [3.05, 3.63) is 65.0 Å². The van der Waals surface area contributed by atoms with Crippen LogP contribution in [-0.2, 0) is 13.0 Å². The van der Waals surface area contributed by atoms with Crippen molar-refractivity contribution in [1.82, 2.24) is 15.6 Å². The van der Waals surface area contributed by atoms with Gasteiger partial charge in [-0.05, 0) is 41.2 Å². The molecule has 1 amide bonds. The van der Waals surface area contributed by atoms with Gasteiger partial charge in [0.2, 0.25) is 0 Å². The zero-order chi connectivity index (χ0) is 20.7.